The number of piperidine rings is 1. The van der Waals surface area contributed by atoms with Crippen molar-refractivity contribution in [1.82, 2.24) is 9.88 Å². The number of rotatable bonds is 10. The molecule has 2 heterocycles. The first-order valence-electron chi connectivity index (χ1n) is 12.8. The lowest BCUT2D eigenvalue weighted by molar-refractivity contribution is -0.146. The molecule has 0 unspecified atom stereocenters. The Labute approximate surface area is 219 Å². The maximum atomic E-state index is 15.4. The maximum absolute atomic E-state index is 15.4. The summed E-state index contributed by atoms with van der Waals surface area (Å²) >= 11 is 0. The van der Waals surface area contributed by atoms with Crippen molar-refractivity contribution in [2.75, 3.05) is 26.7 Å². The smallest absolute Gasteiger partial charge is 0.416 e. The fraction of sp³-hybridized carbons (Fsp3) is 0.448. The molecule has 1 fully saturated rings. The monoisotopic (exact) mass is 532 g/mol. The summed E-state index contributed by atoms with van der Waals surface area (Å²) in [6.45, 7) is 1.77. The van der Waals surface area contributed by atoms with Gasteiger partial charge in [0.1, 0.15) is 11.9 Å². The van der Waals surface area contributed by atoms with E-state index in [4.69, 9.17) is 4.74 Å². The van der Waals surface area contributed by atoms with Gasteiger partial charge in [-0.1, -0.05) is 12.1 Å². The molecule has 0 amide bonds. The Morgan fingerprint density at radius 3 is 2.63 bits per heavy atom. The number of benzene rings is 2. The zero-order valence-corrected chi connectivity index (χ0v) is 21.3. The number of halogens is 4. The first-order chi connectivity index (χ1) is 18.2. The number of methoxy groups -OCH3 is 1. The fourth-order valence-electron chi connectivity index (χ4n) is 5.33. The highest BCUT2D eigenvalue weighted by Crippen LogP contribution is 2.35. The van der Waals surface area contributed by atoms with Gasteiger partial charge in [-0.3, -0.25) is 9.78 Å². The van der Waals surface area contributed by atoms with Crippen LogP contribution in [0, 0.1) is 11.8 Å². The van der Waals surface area contributed by atoms with Crippen molar-refractivity contribution in [3.8, 4) is 5.75 Å². The number of ether oxygens (including phenoxy) is 1. The first-order valence-corrected chi connectivity index (χ1v) is 12.8. The number of likely N-dealkylation sites (tertiary alicyclic amines) is 1. The van der Waals surface area contributed by atoms with Gasteiger partial charge in [0, 0.05) is 18.1 Å². The van der Waals surface area contributed by atoms with Crippen molar-refractivity contribution in [3.63, 3.8) is 0 Å². The van der Waals surface area contributed by atoms with Gasteiger partial charge in [0.05, 0.1) is 24.1 Å². The van der Waals surface area contributed by atoms with Crippen molar-refractivity contribution in [3.05, 3.63) is 71.4 Å². The molecule has 0 radical (unpaired) electrons. The van der Waals surface area contributed by atoms with Crippen molar-refractivity contribution >= 4 is 16.9 Å². The van der Waals surface area contributed by atoms with E-state index in [1.165, 1.54) is 12.1 Å². The van der Waals surface area contributed by atoms with Crippen LogP contribution in [0.25, 0.3) is 10.9 Å². The van der Waals surface area contributed by atoms with Crippen molar-refractivity contribution in [2.24, 2.45) is 11.8 Å². The number of aromatic nitrogens is 1. The highest BCUT2D eigenvalue weighted by atomic mass is 19.4. The molecule has 1 saturated heterocycles. The standard InChI is InChI=1S/C29H32F4N2O3/c1-38-22-9-11-27-24(17-22)23(12-14-34-27)26(30)10-6-20-13-16-35(18-25(20)28(36)37)15-2-3-19-4-7-21(8-5-19)29(31,32)33/h4-5,7-9,11-12,14,17,20,25-26H,2-3,6,10,13,15-16,18H2,1H3,(H,36,37)/t20-,25+,26-/m1/s1. The SMILES string of the molecule is COc1ccc2nccc([C@H](F)CC[C@@H]3CCN(CCCc4ccc(C(F)(F)F)cc4)C[C@@H]3C(=O)O)c2c1. The molecule has 1 aliphatic rings. The van der Waals surface area contributed by atoms with E-state index in [1.54, 1.807) is 37.6 Å². The second-order valence-electron chi connectivity index (χ2n) is 9.92. The lowest BCUT2D eigenvalue weighted by Crippen LogP contribution is -2.44. The van der Waals surface area contributed by atoms with E-state index >= 15 is 4.39 Å². The van der Waals surface area contributed by atoms with E-state index < -0.39 is 29.8 Å². The van der Waals surface area contributed by atoms with Gasteiger partial charge in [-0.2, -0.15) is 13.2 Å². The predicted molar refractivity (Wildman–Crippen MR) is 137 cm³/mol. The molecule has 2 aromatic carbocycles. The Kier molecular flexibility index (Phi) is 8.87. The molecule has 9 heteroatoms. The molecule has 0 saturated carbocycles. The molecule has 3 aromatic rings. The largest absolute Gasteiger partial charge is 0.497 e. The molecule has 0 aliphatic carbocycles. The first kappa shape index (κ1) is 27.8. The van der Waals surface area contributed by atoms with E-state index in [-0.39, 0.29) is 12.3 Å². The van der Waals surface area contributed by atoms with E-state index in [0.29, 0.717) is 67.5 Å². The number of carboxylic acids is 1. The van der Waals surface area contributed by atoms with E-state index in [2.05, 4.69) is 9.88 Å². The van der Waals surface area contributed by atoms with Crippen molar-refractivity contribution in [1.29, 1.82) is 0 Å². The van der Waals surface area contributed by atoms with Gasteiger partial charge in [-0.05, 0) is 98.6 Å². The van der Waals surface area contributed by atoms with Crippen LogP contribution in [0.2, 0.25) is 0 Å². The Balaban J connectivity index is 1.30. The van der Waals surface area contributed by atoms with E-state index in [9.17, 15) is 23.1 Å². The number of pyridine rings is 1. The molecule has 204 valence electrons. The van der Waals surface area contributed by atoms with Crippen LogP contribution >= 0.6 is 0 Å². The number of aliphatic carboxylic acids is 1. The number of carboxylic acid groups (broad SMARTS) is 1. The molecule has 1 aliphatic heterocycles. The maximum Gasteiger partial charge on any atom is 0.416 e. The summed E-state index contributed by atoms with van der Waals surface area (Å²) in [5.41, 5.74) is 1.36. The van der Waals surface area contributed by atoms with Crippen LogP contribution in [0.1, 0.15) is 48.5 Å². The van der Waals surface area contributed by atoms with Gasteiger partial charge in [0.2, 0.25) is 0 Å². The third-order valence-electron chi connectivity index (χ3n) is 7.49. The summed E-state index contributed by atoms with van der Waals surface area (Å²) in [5, 5.41) is 10.6. The zero-order chi connectivity index (χ0) is 27.3. The molecule has 1 N–H and O–H groups in total. The second-order valence-corrected chi connectivity index (χ2v) is 9.92. The third-order valence-corrected chi connectivity index (χ3v) is 7.49. The number of aryl methyl sites for hydroxylation is 1. The lowest BCUT2D eigenvalue weighted by Gasteiger charge is -2.37. The lowest BCUT2D eigenvalue weighted by atomic mass is 9.81. The normalized spacial score (nSPS) is 19.4. The highest BCUT2D eigenvalue weighted by molar-refractivity contribution is 5.83. The van der Waals surface area contributed by atoms with E-state index in [0.717, 1.165) is 17.7 Å². The Morgan fingerprint density at radius 1 is 1.18 bits per heavy atom. The Morgan fingerprint density at radius 2 is 1.95 bits per heavy atom. The zero-order valence-electron chi connectivity index (χ0n) is 21.3. The second kappa shape index (κ2) is 12.1. The number of hydrogen-bond acceptors (Lipinski definition) is 4. The summed E-state index contributed by atoms with van der Waals surface area (Å²) in [6.07, 6.45) is -1.34. The fourth-order valence-corrected chi connectivity index (χ4v) is 5.33. The minimum absolute atomic E-state index is 0.125. The third kappa shape index (κ3) is 6.81. The molecule has 38 heavy (non-hydrogen) atoms. The van der Waals surface area contributed by atoms with Gasteiger partial charge in [0.15, 0.2) is 0 Å². The summed E-state index contributed by atoms with van der Waals surface area (Å²) < 4.78 is 58.9. The topological polar surface area (TPSA) is 62.7 Å². The molecular weight excluding hydrogens is 500 g/mol. The summed E-state index contributed by atoms with van der Waals surface area (Å²) in [6, 6.07) is 12.2. The van der Waals surface area contributed by atoms with E-state index in [1.807, 2.05) is 0 Å². The number of nitrogens with zero attached hydrogens (tertiary/aromatic N) is 2. The summed E-state index contributed by atoms with van der Waals surface area (Å²) in [5.74, 6) is -0.969. The van der Waals surface area contributed by atoms with Gasteiger partial charge < -0.3 is 14.7 Å². The van der Waals surface area contributed by atoms with Crippen LogP contribution in [0.15, 0.2) is 54.7 Å². The van der Waals surface area contributed by atoms with Crippen LogP contribution in [-0.4, -0.2) is 47.7 Å². The predicted octanol–water partition coefficient (Wildman–Crippen LogP) is 6.71. The minimum atomic E-state index is -4.35. The molecule has 0 spiro atoms. The molecular formula is C29H32F4N2O3. The van der Waals surface area contributed by atoms with Gasteiger partial charge in [-0.25, -0.2) is 4.39 Å². The Hall–Kier alpha value is -3.20. The number of hydrogen-bond donors (Lipinski definition) is 1. The van der Waals surface area contributed by atoms with Crippen molar-refractivity contribution < 1.29 is 32.2 Å². The van der Waals surface area contributed by atoms with Gasteiger partial charge >= 0.3 is 12.1 Å². The average Bonchev–Trinajstić information content (AvgIpc) is 2.91. The molecule has 0 bridgehead atoms. The van der Waals surface area contributed by atoms with Crippen LogP contribution in [-0.2, 0) is 17.4 Å². The van der Waals surface area contributed by atoms with Crippen LogP contribution < -0.4 is 4.74 Å². The van der Waals surface area contributed by atoms with Gasteiger partial charge in [0.25, 0.3) is 0 Å². The van der Waals surface area contributed by atoms with Crippen molar-refractivity contribution in [2.45, 2.75) is 44.5 Å². The van der Waals surface area contributed by atoms with Crippen LogP contribution in [0.3, 0.4) is 0 Å². The average molecular weight is 533 g/mol. The molecule has 4 rings (SSSR count). The highest BCUT2D eigenvalue weighted by Gasteiger charge is 2.34. The number of alkyl halides is 4. The summed E-state index contributed by atoms with van der Waals surface area (Å²) in [4.78, 5) is 18.4. The van der Waals surface area contributed by atoms with Crippen LogP contribution in [0.4, 0.5) is 17.6 Å². The van der Waals surface area contributed by atoms with Crippen LogP contribution in [0.5, 0.6) is 5.75 Å². The van der Waals surface area contributed by atoms with Gasteiger partial charge in [-0.15, -0.1) is 0 Å². The molecule has 3 atom stereocenters. The molecule has 1 aromatic heterocycles. The molecule has 5 nitrogen and oxygen atoms in total. The quantitative estimate of drug-likeness (QED) is 0.294. The number of fused-ring (bicyclic) bond motifs is 1. The Bertz CT molecular complexity index is 1230. The minimum Gasteiger partial charge on any atom is -0.497 e. The summed E-state index contributed by atoms with van der Waals surface area (Å²) in [7, 11) is 1.55. The number of carbonyl (C=O) groups is 1.